The number of aromatic hydroxyl groups is 1. The largest absolute Gasteiger partial charge is 0.504 e. The molecule has 15 heteroatoms. The number of likely N-dealkylation sites (N-methyl/N-ethyl adjacent to an activating group) is 1. The Morgan fingerprint density at radius 1 is 1.20 bits per heavy atom. The highest BCUT2D eigenvalue weighted by Gasteiger charge is 2.60. The lowest BCUT2D eigenvalue weighted by molar-refractivity contribution is -0.151. The Kier molecular flexibility index (Phi) is 8.73. The predicted molar refractivity (Wildman–Crippen MR) is 178 cm³/mol. The molecule has 6 aliphatic rings. The van der Waals surface area contributed by atoms with Crippen molar-refractivity contribution in [2.45, 2.75) is 68.7 Å². The molecule has 0 aromatic heterocycles. The van der Waals surface area contributed by atoms with Crippen LogP contribution in [0.15, 0.2) is 18.7 Å². The number of hydrogen-bond acceptors (Lipinski definition) is 14. The first-order valence-electron chi connectivity index (χ1n) is 16.3. The quantitative estimate of drug-likeness (QED) is 0.263. The lowest BCUT2D eigenvalue weighted by atomic mass is 9.71. The molecule has 264 valence electrons. The number of nitrogens with zero attached hydrogens (tertiary/aromatic N) is 3. The summed E-state index contributed by atoms with van der Waals surface area (Å²) in [4.78, 5) is 43.2. The summed E-state index contributed by atoms with van der Waals surface area (Å²) >= 11 is 1.34. The fourth-order valence-electron chi connectivity index (χ4n) is 8.39. The number of nitriles is 1. The van der Waals surface area contributed by atoms with Gasteiger partial charge in [-0.3, -0.25) is 14.6 Å². The van der Waals surface area contributed by atoms with Crippen molar-refractivity contribution in [1.29, 1.82) is 5.26 Å². The van der Waals surface area contributed by atoms with Gasteiger partial charge in [0.05, 0.1) is 30.5 Å². The minimum Gasteiger partial charge on any atom is -0.504 e. The van der Waals surface area contributed by atoms with Crippen LogP contribution in [-0.4, -0.2) is 97.0 Å². The smallest absolute Gasteiger partial charge is 0.408 e. The van der Waals surface area contributed by atoms with E-state index in [1.807, 2.05) is 20.0 Å². The Balaban J connectivity index is 1.49. The van der Waals surface area contributed by atoms with E-state index in [0.717, 1.165) is 11.1 Å². The van der Waals surface area contributed by atoms with Crippen LogP contribution in [0, 0.1) is 25.2 Å². The van der Waals surface area contributed by atoms with E-state index < -0.39 is 53.5 Å². The van der Waals surface area contributed by atoms with Crippen molar-refractivity contribution in [2.24, 2.45) is 0 Å². The fourth-order valence-corrected chi connectivity index (χ4v) is 9.89. The molecule has 2 fully saturated rings. The molecule has 2 saturated heterocycles. The lowest BCUT2D eigenvalue weighted by Gasteiger charge is -2.61. The molecule has 2 aromatic carbocycles. The maximum atomic E-state index is 13.6. The van der Waals surface area contributed by atoms with Crippen molar-refractivity contribution >= 4 is 29.8 Å². The molecule has 8 rings (SSSR count). The third-order valence-electron chi connectivity index (χ3n) is 10.3. The van der Waals surface area contributed by atoms with Crippen LogP contribution in [0.2, 0.25) is 0 Å². The van der Waals surface area contributed by atoms with Crippen molar-refractivity contribution in [3.63, 3.8) is 0 Å². The zero-order chi connectivity index (χ0) is 35.6. The number of amides is 1. The van der Waals surface area contributed by atoms with Gasteiger partial charge in [0, 0.05) is 47.0 Å². The van der Waals surface area contributed by atoms with Crippen LogP contribution in [0.5, 0.6) is 28.7 Å². The molecule has 2 N–H and O–H groups in total. The van der Waals surface area contributed by atoms with Crippen LogP contribution in [0.1, 0.15) is 57.6 Å². The topological polar surface area (TPSA) is 169 Å². The van der Waals surface area contributed by atoms with Crippen LogP contribution in [0.3, 0.4) is 0 Å². The van der Waals surface area contributed by atoms with Gasteiger partial charge in [-0.05, 0) is 38.4 Å². The summed E-state index contributed by atoms with van der Waals surface area (Å²) in [6.45, 7) is 8.19. The summed E-state index contributed by atoms with van der Waals surface area (Å²) in [5.74, 6) is 0.321. The van der Waals surface area contributed by atoms with Crippen molar-refractivity contribution in [3.8, 4) is 34.8 Å². The normalized spacial score (nSPS) is 27.8. The molecule has 0 saturated carbocycles. The number of carbonyl (C=O) groups excluding carboxylic acids is 3. The molecule has 2 aromatic rings. The van der Waals surface area contributed by atoms with Crippen molar-refractivity contribution in [3.05, 3.63) is 52.1 Å². The first-order chi connectivity index (χ1) is 24.0. The van der Waals surface area contributed by atoms with Crippen LogP contribution < -0.4 is 24.3 Å². The van der Waals surface area contributed by atoms with Gasteiger partial charge < -0.3 is 38.8 Å². The number of rotatable bonds is 5. The first-order valence-corrected chi connectivity index (χ1v) is 17.3. The highest BCUT2D eigenvalue weighted by Crippen LogP contribution is 2.64. The number of esters is 2. The minimum absolute atomic E-state index is 0.0179. The Morgan fingerprint density at radius 3 is 2.66 bits per heavy atom. The number of methoxy groups -OCH3 is 1. The fraction of sp³-hybridized carbons (Fsp3) is 0.486. The maximum Gasteiger partial charge on any atom is 0.408 e. The van der Waals surface area contributed by atoms with E-state index in [1.165, 1.54) is 31.9 Å². The van der Waals surface area contributed by atoms with Crippen molar-refractivity contribution in [2.75, 3.05) is 39.9 Å². The van der Waals surface area contributed by atoms with Gasteiger partial charge in [-0.25, -0.2) is 9.59 Å². The van der Waals surface area contributed by atoms with Gasteiger partial charge in [0.2, 0.25) is 6.79 Å². The number of fused-ring (bicyclic) bond motifs is 10. The van der Waals surface area contributed by atoms with E-state index in [-0.39, 0.29) is 37.6 Å². The Labute approximate surface area is 293 Å². The third kappa shape index (κ3) is 5.11. The molecule has 6 heterocycles. The van der Waals surface area contributed by atoms with Gasteiger partial charge in [0.15, 0.2) is 23.0 Å². The highest BCUT2D eigenvalue weighted by molar-refractivity contribution is 7.99. The lowest BCUT2D eigenvalue weighted by Crippen LogP contribution is -2.69. The van der Waals surface area contributed by atoms with E-state index in [9.17, 15) is 24.8 Å². The van der Waals surface area contributed by atoms with Crippen molar-refractivity contribution < 1.29 is 47.9 Å². The minimum atomic E-state index is -1.10. The van der Waals surface area contributed by atoms with Crippen LogP contribution in [0.25, 0.3) is 0 Å². The Morgan fingerprint density at radius 2 is 1.96 bits per heavy atom. The van der Waals surface area contributed by atoms with E-state index in [0.29, 0.717) is 51.7 Å². The summed E-state index contributed by atoms with van der Waals surface area (Å²) in [6.07, 6.45) is 1.08. The summed E-state index contributed by atoms with van der Waals surface area (Å²) in [5.41, 5.74) is 4.15. The SMILES string of the molecule is C=CCOC(=O)N[C@H]1CS[C@@H]2c3c(OC(C)=O)c(C)c4c(c3[C@H](COC1=O)N1[C@@H]2[C@H]2c3c(cc(C)c(OC)c3O)C[C@@H]([C@@H]1C#N)N2C)OCO4. The Hall–Kier alpha value is -4.65. The standard InChI is InChI=1S/C35H38N4O10S/c1-7-8-45-35(43)37-19-13-50-33-25-24(32-31(47-14-48-32)16(3)30(25)49-17(4)40)22(12-46-34(19)42)39-21(11-36)20-10-18-9-15(2)29(44-6)28(41)23(18)26(27(33)39)38(20)5/h7,9,19-22,26-27,33,41H,1,8,10,12-14H2,2-6H3,(H,37,43)/t19-,20-,21-,22-,26+,27+,33+/m0/s1. The molecule has 0 spiro atoms. The summed E-state index contributed by atoms with van der Waals surface area (Å²) in [7, 11) is 3.46. The van der Waals surface area contributed by atoms with Gasteiger partial charge in [0.1, 0.15) is 31.0 Å². The Bertz CT molecular complexity index is 1840. The number of thioether (sulfide) groups is 1. The summed E-state index contributed by atoms with van der Waals surface area (Å²) in [6, 6.07) is 0.661. The molecule has 7 atom stereocenters. The van der Waals surface area contributed by atoms with Gasteiger partial charge in [-0.15, -0.1) is 11.8 Å². The third-order valence-corrected chi connectivity index (χ3v) is 11.7. The number of phenols is 1. The summed E-state index contributed by atoms with van der Waals surface area (Å²) in [5, 5.41) is 24.8. The molecular weight excluding hydrogens is 668 g/mol. The van der Waals surface area contributed by atoms with Crippen LogP contribution in [-0.2, 0) is 25.5 Å². The molecule has 6 aliphatic heterocycles. The summed E-state index contributed by atoms with van der Waals surface area (Å²) < 4.78 is 34.8. The number of alkyl carbamates (subject to hydrolysis) is 1. The number of carbonyl (C=O) groups is 3. The second-order valence-electron chi connectivity index (χ2n) is 13.0. The molecule has 0 radical (unpaired) electrons. The number of hydrogen-bond donors (Lipinski definition) is 2. The number of aryl methyl sites for hydroxylation is 1. The van der Waals surface area contributed by atoms with Crippen molar-refractivity contribution in [1.82, 2.24) is 15.1 Å². The number of nitrogens with one attached hydrogen (secondary N) is 1. The average Bonchev–Trinajstić information content (AvgIpc) is 3.57. The van der Waals surface area contributed by atoms with E-state index in [4.69, 9.17) is 28.4 Å². The number of phenolic OH excluding ortho intramolecular Hbond substituents is 1. The number of ether oxygens (including phenoxy) is 6. The van der Waals surface area contributed by atoms with E-state index >= 15 is 0 Å². The highest BCUT2D eigenvalue weighted by atomic mass is 32.2. The molecular formula is C35H38N4O10S. The molecule has 14 nitrogen and oxygen atoms in total. The zero-order valence-electron chi connectivity index (χ0n) is 28.3. The monoisotopic (exact) mass is 706 g/mol. The molecule has 0 unspecified atom stereocenters. The van der Waals surface area contributed by atoms with Gasteiger partial charge in [-0.2, -0.15) is 5.26 Å². The zero-order valence-corrected chi connectivity index (χ0v) is 29.1. The van der Waals surface area contributed by atoms with Gasteiger partial charge >= 0.3 is 18.0 Å². The molecule has 1 amide bonds. The number of piperazine rings is 1. The molecule has 4 bridgehead atoms. The second kappa shape index (κ2) is 12.9. The molecule has 0 aliphatic carbocycles. The van der Waals surface area contributed by atoms with E-state index in [1.54, 1.807) is 6.92 Å². The van der Waals surface area contributed by atoms with Gasteiger partial charge in [-0.1, -0.05) is 18.7 Å². The number of benzene rings is 2. The average molecular weight is 707 g/mol. The van der Waals surface area contributed by atoms with Crippen LogP contribution in [0.4, 0.5) is 4.79 Å². The molecule has 50 heavy (non-hydrogen) atoms. The maximum absolute atomic E-state index is 13.6. The first kappa shape index (κ1) is 33.8. The van der Waals surface area contributed by atoms with E-state index in [2.05, 4.69) is 27.8 Å². The van der Waals surface area contributed by atoms with Crippen LogP contribution >= 0.6 is 11.8 Å². The second-order valence-corrected chi connectivity index (χ2v) is 14.1. The predicted octanol–water partition coefficient (Wildman–Crippen LogP) is 3.51. The van der Waals surface area contributed by atoms with Gasteiger partial charge in [0.25, 0.3) is 0 Å².